The minimum atomic E-state index is -0.650. The molecule has 0 unspecified atom stereocenters. The largest absolute Gasteiger partial charge is 0.501 e. The molecule has 1 aromatic carbocycles. The van der Waals surface area contributed by atoms with Crippen LogP contribution in [0.4, 0.5) is 0 Å². The highest BCUT2D eigenvalue weighted by molar-refractivity contribution is 6.38. The molecule has 144 valence electrons. The number of aliphatic hydroxyl groups excluding tert-OH is 2. The van der Waals surface area contributed by atoms with Gasteiger partial charge in [-0.25, -0.2) is 0 Å². The Morgan fingerprint density at radius 3 is 2.48 bits per heavy atom. The van der Waals surface area contributed by atoms with Crippen molar-refractivity contribution in [3.8, 4) is 5.75 Å². The maximum atomic E-state index is 13.0. The number of ether oxygens (including phenoxy) is 2. The van der Waals surface area contributed by atoms with Gasteiger partial charge in [0.25, 0.3) is 0 Å². The van der Waals surface area contributed by atoms with E-state index in [1.807, 2.05) is 12.1 Å². The summed E-state index contributed by atoms with van der Waals surface area (Å²) in [6, 6.07) is 5.47. The van der Waals surface area contributed by atoms with Crippen molar-refractivity contribution in [1.82, 2.24) is 0 Å². The first-order chi connectivity index (χ1) is 13.0. The molecular formula is C21H24O6. The number of aryl methyl sites for hydroxylation is 1. The van der Waals surface area contributed by atoms with Crippen LogP contribution in [0.5, 0.6) is 5.75 Å². The van der Waals surface area contributed by atoms with Crippen molar-refractivity contribution in [2.24, 2.45) is 0 Å². The molecule has 0 spiro atoms. The van der Waals surface area contributed by atoms with E-state index in [9.17, 15) is 19.8 Å². The van der Waals surface area contributed by atoms with Crippen LogP contribution in [0.3, 0.4) is 0 Å². The second kappa shape index (κ2) is 7.96. The van der Waals surface area contributed by atoms with Gasteiger partial charge >= 0.3 is 0 Å². The second-order valence-corrected chi connectivity index (χ2v) is 6.87. The number of aliphatic hydroxyl groups is 2. The topological polar surface area (TPSA) is 93.1 Å². The first-order valence-electron chi connectivity index (χ1n) is 9.13. The average molecular weight is 372 g/mol. The molecule has 2 bridgehead atoms. The van der Waals surface area contributed by atoms with Crippen molar-refractivity contribution in [2.45, 2.75) is 44.6 Å². The van der Waals surface area contributed by atoms with Crippen molar-refractivity contribution in [3.05, 3.63) is 46.4 Å². The lowest BCUT2D eigenvalue weighted by Crippen LogP contribution is -2.25. The highest BCUT2D eigenvalue weighted by atomic mass is 16.5. The summed E-state index contributed by atoms with van der Waals surface area (Å²) in [5, 5.41) is 20.3. The van der Waals surface area contributed by atoms with Gasteiger partial charge in [-0.05, 0) is 49.8 Å². The lowest BCUT2D eigenvalue weighted by Gasteiger charge is -2.23. The van der Waals surface area contributed by atoms with Crippen LogP contribution in [0.25, 0.3) is 5.57 Å². The molecule has 0 aromatic heterocycles. The van der Waals surface area contributed by atoms with Crippen molar-refractivity contribution in [2.75, 3.05) is 14.2 Å². The summed E-state index contributed by atoms with van der Waals surface area (Å²) in [4.78, 5) is 25.8. The Bertz CT molecular complexity index is 833. The number of carbonyl (C=O) groups excluding carboxylic acids is 2. The van der Waals surface area contributed by atoms with Gasteiger partial charge in [0.1, 0.15) is 5.75 Å². The van der Waals surface area contributed by atoms with Gasteiger partial charge in [0.15, 0.2) is 0 Å². The number of rotatable bonds is 2. The standard InChI is InChI=1S/C21H24O6/c1-26-16-10-8-12-7-9-13(22)5-3-4-6-14-17(15(16)11-12)19(24)21(27-2)20(25)18(14)23/h8,10-11,13,22,25H,3-7,9H2,1-2H3/t13-/m1/s1. The molecule has 6 nitrogen and oxygen atoms in total. The van der Waals surface area contributed by atoms with Crippen LogP contribution in [-0.4, -0.2) is 42.1 Å². The predicted molar refractivity (Wildman–Crippen MR) is 99.4 cm³/mol. The number of benzene rings is 1. The molecule has 0 aliphatic heterocycles. The summed E-state index contributed by atoms with van der Waals surface area (Å²) < 4.78 is 10.5. The number of methoxy groups -OCH3 is 2. The Balaban J connectivity index is 2.21. The third-order valence-electron chi connectivity index (χ3n) is 5.16. The van der Waals surface area contributed by atoms with Crippen LogP contribution < -0.4 is 4.74 Å². The van der Waals surface area contributed by atoms with E-state index >= 15 is 0 Å². The Kier molecular flexibility index (Phi) is 5.65. The molecule has 2 aliphatic rings. The molecule has 0 saturated heterocycles. The summed E-state index contributed by atoms with van der Waals surface area (Å²) in [5.41, 5.74) is 1.95. The van der Waals surface area contributed by atoms with Gasteiger partial charge in [0.2, 0.25) is 23.1 Å². The van der Waals surface area contributed by atoms with Crippen LogP contribution in [0, 0.1) is 0 Å². The fourth-order valence-corrected chi connectivity index (χ4v) is 3.70. The molecule has 1 atom stereocenters. The highest BCUT2D eigenvalue weighted by Gasteiger charge is 2.37. The van der Waals surface area contributed by atoms with Crippen molar-refractivity contribution in [3.63, 3.8) is 0 Å². The minimum absolute atomic E-state index is 0.231. The monoisotopic (exact) mass is 372 g/mol. The molecule has 0 fully saturated rings. The van der Waals surface area contributed by atoms with Crippen LogP contribution in [-0.2, 0) is 20.7 Å². The van der Waals surface area contributed by atoms with Crippen molar-refractivity contribution in [1.29, 1.82) is 0 Å². The summed E-state index contributed by atoms with van der Waals surface area (Å²) in [6.07, 6.45) is 3.22. The van der Waals surface area contributed by atoms with E-state index in [0.717, 1.165) is 12.0 Å². The molecular weight excluding hydrogens is 348 g/mol. The smallest absolute Gasteiger partial charge is 0.232 e. The van der Waals surface area contributed by atoms with Gasteiger partial charge in [0.05, 0.1) is 20.3 Å². The fourth-order valence-electron chi connectivity index (χ4n) is 3.70. The van der Waals surface area contributed by atoms with Gasteiger partial charge < -0.3 is 19.7 Å². The Labute approximate surface area is 158 Å². The maximum Gasteiger partial charge on any atom is 0.232 e. The fraction of sp³-hybridized carbons (Fsp3) is 0.429. The molecule has 0 radical (unpaired) electrons. The molecule has 0 amide bonds. The number of ketones is 2. The molecule has 1 aromatic rings. The lowest BCUT2D eigenvalue weighted by atomic mass is 9.83. The Morgan fingerprint density at radius 1 is 1.00 bits per heavy atom. The summed E-state index contributed by atoms with van der Waals surface area (Å²) >= 11 is 0. The van der Waals surface area contributed by atoms with Gasteiger partial charge in [-0.3, -0.25) is 9.59 Å². The zero-order valence-electron chi connectivity index (χ0n) is 15.6. The zero-order valence-corrected chi connectivity index (χ0v) is 15.6. The first-order valence-corrected chi connectivity index (χ1v) is 9.13. The van der Waals surface area contributed by atoms with Gasteiger partial charge in [0, 0.05) is 16.7 Å². The summed E-state index contributed by atoms with van der Waals surface area (Å²) in [6.45, 7) is 0. The van der Waals surface area contributed by atoms with Crippen LogP contribution in [0.2, 0.25) is 0 Å². The molecule has 2 aliphatic carbocycles. The third-order valence-corrected chi connectivity index (χ3v) is 5.16. The lowest BCUT2D eigenvalue weighted by molar-refractivity contribution is -0.119. The van der Waals surface area contributed by atoms with Crippen LogP contribution in [0.1, 0.15) is 43.2 Å². The minimum Gasteiger partial charge on any atom is -0.501 e. The van der Waals surface area contributed by atoms with E-state index in [1.165, 1.54) is 14.2 Å². The van der Waals surface area contributed by atoms with E-state index in [4.69, 9.17) is 9.47 Å². The van der Waals surface area contributed by atoms with E-state index in [-0.39, 0.29) is 16.9 Å². The van der Waals surface area contributed by atoms with Gasteiger partial charge in [-0.1, -0.05) is 12.5 Å². The molecule has 6 heteroatoms. The zero-order chi connectivity index (χ0) is 19.6. The van der Waals surface area contributed by atoms with Crippen molar-refractivity contribution >= 4 is 17.1 Å². The predicted octanol–water partition coefficient (Wildman–Crippen LogP) is 2.88. The molecule has 0 heterocycles. The normalized spacial score (nSPS) is 21.4. The van der Waals surface area contributed by atoms with Gasteiger partial charge in [-0.15, -0.1) is 0 Å². The first kappa shape index (κ1) is 19.2. The van der Waals surface area contributed by atoms with Crippen LogP contribution in [0.15, 0.2) is 35.3 Å². The number of hydrogen-bond acceptors (Lipinski definition) is 6. The molecule has 2 N–H and O–H groups in total. The second-order valence-electron chi connectivity index (χ2n) is 6.87. The van der Waals surface area contributed by atoms with E-state index in [2.05, 4.69) is 0 Å². The van der Waals surface area contributed by atoms with E-state index in [0.29, 0.717) is 43.4 Å². The van der Waals surface area contributed by atoms with E-state index < -0.39 is 23.4 Å². The maximum absolute atomic E-state index is 13.0. The van der Waals surface area contributed by atoms with Crippen LogP contribution >= 0.6 is 0 Å². The quantitative estimate of drug-likeness (QED) is 0.776. The highest BCUT2D eigenvalue weighted by Crippen LogP contribution is 2.38. The number of Topliss-reactive ketones (excluding diaryl/α,β-unsaturated/α-hetero) is 2. The Morgan fingerprint density at radius 2 is 1.78 bits per heavy atom. The van der Waals surface area contributed by atoms with E-state index in [1.54, 1.807) is 6.07 Å². The molecule has 3 rings (SSSR count). The number of carbonyl (C=O) groups is 2. The Hall–Kier alpha value is -2.60. The SMILES string of the molecule is COC1=C(O)C(=O)C2=C(C1=O)c1cc(ccc1OC)CC[C@H](O)CCCC2. The van der Waals surface area contributed by atoms with Gasteiger partial charge in [-0.2, -0.15) is 0 Å². The molecule has 27 heavy (non-hydrogen) atoms. The molecule has 0 saturated carbocycles. The number of hydrogen-bond donors (Lipinski definition) is 2. The number of allylic oxidation sites excluding steroid dienone is 2. The number of fused-ring (bicyclic) bond motifs is 3. The van der Waals surface area contributed by atoms with Crippen molar-refractivity contribution < 1.29 is 29.3 Å². The average Bonchev–Trinajstić information content (AvgIpc) is 2.66. The third kappa shape index (κ3) is 3.62. The summed E-state index contributed by atoms with van der Waals surface area (Å²) in [5.74, 6) is -1.62. The summed E-state index contributed by atoms with van der Waals surface area (Å²) in [7, 11) is 2.76.